The second-order valence-corrected chi connectivity index (χ2v) is 9.30. The number of nitrogens with one attached hydrogen (secondary N) is 2. The van der Waals surface area contributed by atoms with Gasteiger partial charge in [-0.3, -0.25) is 9.59 Å². The second kappa shape index (κ2) is 10.7. The summed E-state index contributed by atoms with van der Waals surface area (Å²) in [6, 6.07) is 19.7. The minimum absolute atomic E-state index is 0.0206. The molecule has 35 heavy (non-hydrogen) atoms. The van der Waals surface area contributed by atoms with Crippen molar-refractivity contribution in [3.05, 3.63) is 78.0 Å². The monoisotopic (exact) mass is 471 g/mol. The van der Waals surface area contributed by atoms with E-state index in [-0.39, 0.29) is 23.9 Å². The molecule has 1 aromatic heterocycles. The van der Waals surface area contributed by atoms with Crippen LogP contribution in [0.2, 0.25) is 0 Å². The first-order valence-corrected chi connectivity index (χ1v) is 12.0. The maximum Gasteiger partial charge on any atom is 0.251 e. The van der Waals surface area contributed by atoms with Crippen LogP contribution in [0.25, 0.3) is 11.1 Å². The molecule has 3 aromatic rings. The number of likely N-dealkylation sites (N-methyl/N-ethyl adjacent to an activating group) is 1. The van der Waals surface area contributed by atoms with E-state index >= 15 is 0 Å². The Morgan fingerprint density at radius 1 is 1.06 bits per heavy atom. The zero-order valence-electron chi connectivity index (χ0n) is 20.8. The highest BCUT2D eigenvalue weighted by Crippen LogP contribution is 2.41. The first-order chi connectivity index (χ1) is 16.8. The van der Waals surface area contributed by atoms with Gasteiger partial charge in [0.1, 0.15) is 5.82 Å². The number of hydrogen-bond acceptors (Lipinski definition) is 5. The smallest absolute Gasteiger partial charge is 0.251 e. The average molecular weight is 472 g/mol. The lowest BCUT2D eigenvalue weighted by Gasteiger charge is -2.39. The summed E-state index contributed by atoms with van der Waals surface area (Å²) >= 11 is 0. The van der Waals surface area contributed by atoms with E-state index in [0.29, 0.717) is 12.1 Å². The number of benzene rings is 2. The molecule has 7 heteroatoms. The van der Waals surface area contributed by atoms with Crippen LogP contribution in [-0.2, 0) is 4.79 Å². The molecule has 2 aromatic carbocycles. The van der Waals surface area contributed by atoms with Crippen LogP contribution < -0.4 is 15.5 Å². The molecule has 182 valence electrons. The second-order valence-electron chi connectivity index (χ2n) is 9.30. The molecule has 0 saturated heterocycles. The predicted molar refractivity (Wildman–Crippen MR) is 141 cm³/mol. The molecule has 2 amide bonds. The van der Waals surface area contributed by atoms with Gasteiger partial charge in [-0.15, -0.1) is 0 Å². The van der Waals surface area contributed by atoms with Crippen LogP contribution in [0, 0.1) is 0 Å². The number of pyridine rings is 1. The third kappa shape index (κ3) is 5.69. The molecule has 2 atom stereocenters. The third-order valence-electron chi connectivity index (χ3n) is 6.33. The lowest BCUT2D eigenvalue weighted by Crippen LogP contribution is -2.43. The molecule has 1 aliphatic rings. The topological polar surface area (TPSA) is 77.6 Å². The summed E-state index contributed by atoms with van der Waals surface area (Å²) in [6.45, 7) is 5.09. The van der Waals surface area contributed by atoms with E-state index in [0.717, 1.165) is 41.2 Å². The van der Waals surface area contributed by atoms with Crippen molar-refractivity contribution >= 4 is 23.3 Å². The van der Waals surface area contributed by atoms with Crippen molar-refractivity contribution in [1.82, 2.24) is 15.2 Å². The lowest BCUT2D eigenvalue weighted by atomic mass is 9.89. The lowest BCUT2D eigenvalue weighted by molar-refractivity contribution is -0.117. The first kappa shape index (κ1) is 24.4. The van der Waals surface area contributed by atoms with E-state index < -0.39 is 0 Å². The van der Waals surface area contributed by atoms with E-state index in [4.69, 9.17) is 0 Å². The standard InChI is InChI=1S/C28H33N5O2/c1-19-17-25(31-27-7-5-6-14-29-27)24-18-23(12-13-26(24)33(19)20(2)34)21-8-10-22(11-9-21)28(35)30-15-16-32(3)4/h5-14,18-19,25H,15-17H2,1-4H3,(H,29,31)(H,30,35). The molecule has 0 saturated carbocycles. The van der Waals surface area contributed by atoms with Crippen molar-refractivity contribution in [3.8, 4) is 11.1 Å². The van der Waals surface area contributed by atoms with Crippen LogP contribution in [0.4, 0.5) is 11.5 Å². The fraction of sp³-hybridized carbons (Fsp3) is 0.321. The number of rotatable bonds is 7. The van der Waals surface area contributed by atoms with Gasteiger partial charge in [0.05, 0.1) is 6.04 Å². The quantitative estimate of drug-likeness (QED) is 0.536. The number of hydrogen-bond donors (Lipinski definition) is 2. The van der Waals surface area contributed by atoms with Gasteiger partial charge in [-0.25, -0.2) is 4.98 Å². The molecule has 0 spiro atoms. The Labute approximate surface area is 207 Å². The third-order valence-corrected chi connectivity index (χ3v) is 6.33. The first-order valence-electron chi connectivity index (χ1n) is 12.0. The zero-order chi connectivity index (χ0) is 24.9. The van der Waals surface area contributed by atoms with Crippen molar-refractivity contribution in [2.24, 2.45) is 0 Å². The predicted octanol–water partition coefficient (Wildman–Crippen LogP) is 4.34. The Hall–Kier alpha value is -3.71. The summed E-state index contributed by atoms with van der Waals surface area (Å²) in [7, 11) is 3.96. The van der Waals surface area contributed by atoms with Crippen LogP contribution >= 0.6 is 0 Å². The molecular formula is C28H33N5O2. The number of carbonyl (C=O) groups is 2. The molecular weight excluding hydrogens is 438 g/mol. The summed E-state index contributed by atoms with van der Waals surface area (Å²) in [5.74, 6) is 0.768. The van der Waals surface area contributed by atoms with Gasteiger partial charge in [-0.2, -0.15) is 0 Å². The van der Waals surface area contributed by atoms with E-state index in [2.05, 4.69) is 28.6 Å². The zero-order valence-corrected chi connectivity index (χ0v) is 20.8. The SMILES string of the molecule is CC(=O)N1c2ccc(-c3ccc(C(=O)NCCN(C)C)cc3)cc2C(Nc2ccccn2)CC1C. The number of fused-ring (bicyclic) bond motifs is 1. The molecule has 4 rings (SSSR count). The Balaban J connectivity index is 1.61. The Kier molecular flexibility index (Phi) is 7.46. The van der Waals surface area contributed by atoms with Crippen LogP contribution in [0.15, 0.2) is 66.9 Å². The highest BCUT2D eigenvalue weighted by molar-refractivity contribution is 5.95. The number of anilines is 2. The van der Waals surface area contributed by atoms with Crippen molar-refractivity contribution in [3.63, 3.8) is 0 Å². The highest BCUT2D eigenvalue weighted by atomic mass is 16.2. The molecule has 1 aliphatic heterocycles. The molecule has 0 aliphatic carbocycles. The average Bonchev–Trinajstić information content (AvgIpc) is 2.84. The van der Waals surface area contributed by atoms with Gasteiger partial charge in [-0.05, 0) is 80.5 Å². The summed E-state index contributed by atoms with van der Waals surface area (Å²) in [5, 5.41) is 6.50. The molecule has 0 fully saturated rings. The maximum atomic E-state index is 12.5. The highest BCUT2D eigenvalue weighted by Gasteiger charge is 2.32. The minimum Gasteiger partial charge on any atom is -0.363 e. The van der Waals surface area contributed by atoms with Gasteiger partial charge in [0.25, 0.3) is 5.91 Å². The molecule has 0 radical (unpaired) electrons. The van der Waals surface area contributed by atoms with Crippen LogP contribution in [0.3, 0.4) is 0 Å². The molecule has 2 unspecified atom stereocenters. The van der Waals surface area contributed by atoms with Crippen molar-refractivity contribution in [1.29, 1.82) is 0 Å². The van der Waals surface area contributed by atoms with E-state index in [1.165, 1.54) is 0 Å². The molecule has 7 nitrogen and oxygen atoms in total. The Morgan fingerprint density at radius 3 is 2.46 bits per heavy atom. The summed E-state index contributed by atoms with van der Waals surface area (Å²) in [4.78, 5) is 33.2. The van der Waals surface area contributed by atoms with Crippen LogP contribution in [0.1, 0.15) is 42.2 Å². The van der Waals surface area contributed by atoms with Crippen LogP contribution in [-0.4, -0.2) is 54.9 Å². The fourth-order valence-electron chi connectivity index (χ4n) is 4.60. The van der Waals surface area contributed by atoms with Crippen molar-refractivity contribution in [2.45, 2.75) is 32.4 Å². The number of carbonyl (C=O) groups excluding carboxylic acids is 2. The summed E-state index contributed by atoms with van der Waals surface area (Å²) < 4.78 is 0. The van der Waals surface area contributed by atoms with Crippen molar-refractivity contribution in [2.75, 3.05) is 37.4 Å². The number of aromatic nitrogens is 1. The van der Waals surface area contributed by atoms with Crippen molar-refractivity contribution < 1.29 is 9.59 Å². The van der Waals surface area contributed by atoms with Gasteiger partial charge < -0.3 is 20.4 Å². The minimum atomic E-state index is -0.0745. The number of nitrogens with zero attached hydrogens (tertiary/aromatic N) is 3. The Morgan fingerprint density at radius 2 is 1.80 bits per heavy atom. The van der Waals surface area contributed by atoms with Gasteiger partial charge in [0, 0.05) is 43.5 Å². The largest absolute Gasteiger partial charge is 0.363 e. The molecule has 2 N–H and O–H groups in total. The molecule has 2 heterocycles. The summed E-state index contributed by atoms with van der Waals surface area (Å²) in [6.07, 6.45) is 2.55. The van der Waals surface area contributed by atoms with E-state index in [1.54, 1.807) is 13.1 Å². The number of amides is 2. The normalized spacial score (nSPS) is 17.1. The van der Waals surface area contributed by atoms with Crippen LogP contribution in [0.5, 0.6) is 0 Å². The van der Waals surface area contributed by atoms with Gasteiger partial charge in [0.15, 0.2) is 0 Å². The summed E-state index contributed by atoms with van der Waals surface area (Å²) in [5.41, 5.74) is 4.67. The fourth-order valence-corrected chi connectivity index (χ4v) is 4.60. The van der Waals surface area contributed by atoms with Gasteiger partial charge in [-0.1, -0.05) is 24.3 Å². The van der Waals surface area contributed by atoms with E-state index in [9.17, 15) is 9.59 Å². The van der Waals surface area contributed by atoms with E-state index in [1.807, 2.05) is 78.5 Å². The van der Waals surface area contributed by atoms with Gasteiger partial charge >= 0.3 is 0 Å². The Bertz CT molecular complexity index is 1180. The van der Waals surface area contributed by atoms with Gasteiger partial charge in [0.2, 0.25) is 5.91 Å². The maximum absolute atomic E-state index is 12.5. The molecule has 0 bridgehead atoms.